The number of amides is 1. The lowest BCUT2D eigenvalue weighted by Gasteiger charge is -2.35. The zero-order valence-corrected chi connectivity index (χ0v) is 15.0. The molecular formula is C20H27N3O2. The third-order valence-electron chi connectivity index (χ3n) is 5.07. The first-order valence-electron chi connectivity index (χ1n) is 9.12. The summed E-state index contributed by atoms with van der Waals surface area (Å²) in [5.41, 5.74) is 0.789. The first-order valence-corrected chi connectivity index (χ1v) is 9.12. The molecule has 1 N–H and O–H groups in total. The molecule has 5 heteroatoms. The lowest BCUT2D eigenvalue weighted by molar-refractivity contribution is -0.114. The fourth-order valence-electron chi connectivity index (χ4n) is 3.75. The van der Waals surface area contributed by atoms with Crippen LogP contribution in [0.25, 0.3) is 0 Å². The molecule has 0 bridgehead atoms. The van der Waals surface area contributed by atoms with Crippen molar-refractivity contribution in [3.8, 4) is 5.75 Å². The third kappa shape index (κ3) is 4.84. The molecule has 3 rings (SSSR count). The number of ether oxygens (including phenoxy) is 1. The number of nitrogens with zero attached hydrogens (tertiary/aromatic N) is 2. The maximum Gasteiger partial charge on any atom is 0.221 e. The number of hydrogen-bond acceptors (Lipinski definition) is 3. The van der Waals surface area contributed by atoms with Crippen LogP contribution < -0.4 is 10.1 Å². The second kappa shape index (κ2) is 8.19. The summed E-state index contributed by atoms with van der Waals surface area (Å²) in [7, 11) is 0. The van der Waals surface area contributed by atoms with Gasteiger partial charge in [0, 0.05) is 30.9 Å². The van der Waals surface area contributed by atoms with E-state index in [0.29, 0.717) is 11.8 Å². The normalized spacial score (nSPS) is 21.5. The molecular weight excluding hydrogens is 314 g/mol. The molecule has 0 aliphatic heterocycles. The highest BCUT2D eigenvalue weighted by atomic mass is 16.5. The van der Waals surface area contributed by atoms with Crippen molar-refractivity contribution >= 4 is 11.6 Å². The third-order valence-corrected chi connectivity index (χ3v) is 5.07. The minimum Gasteiger partial charge on any atom is -0.488 e. The summed E-state index contributed by atoms with van der Waals surface area (Å²) in [6.45, 7) is 4.66. The smallest absolute Gasteiger partial charge is 0.221 e. The van der Waals surface area contributed by atoms with Crippen LogP contribution in [0.4, 0.5) is 5.69 Å². The number of rotatable bonds is 6. The lowest BCUT2D eigenvalue weighted by atomic mass is 9.77. The first kappa shape index (κ1) is 17.5. The van der Waals surface area contributed by atoms with Gasteiger partial charge in [-0.1, -0.05) is 26.2 Å². The monoisotopic (exact) mass is 341 g/mol. The molecule has 5 nitrogen and oxygen atoms in total. The van der Waals surface area contributed by atoms with Crippen LogP contribution in [0, 0.1) is 11.8 Å². The van der Waals surface area contributed by atoms with E-state index in [1.165, 1.54) is 32.6 Å². The summed E-state index contributed by atoms with van der Waals surface area (Å²) in [5.74, 6) is 1.99. The van der Waals surface area contributed by atoms with Crippen LogP contribution in [-0.4, -0.2) is 21.6 Å². The second-order valence-corrected chi connectivity index (χ2v) is 7.05. The molecule has 0 spiro atoms. The van der Waals surface area contributed by atoms with Crippen LogP contribution in [0.1, 0.15) is 39.5 Å². The van der Waals surface area contributed by atoms with E-state index in [9.17, 15) is 4.79 Å². The van der Waals surface area contributed by atoms with Crippen molar-refractivity contribution in [2.75, 3.05) is 5.32 Å². The van der Waals surface area contributed by atoms with E-state index >= 15 is 0 Å². The van der Waals surface area contributed by atoms with E-state index in [2.05, 4.69) is 21.8 Å². The van der Waals surface area contributed by atoms with Gasteiger partial charge in [0.2, 0.25) is 5.91 Å². The summed E-state index contributed by atoms with van der Waals surface area (Å²) in [4.78, 5) is 15.3. The largest absolute Gasteiger partial charge is 0.488 e. The van der Waals surface area contributed by atoms with E-state index in [1.807, 2.05) is 43.0 Å². The van der Waals surface area contributed by atoms with Gasteiger partial charge >= 0.3 is 0 Å². The number of aromatic nitrogens is 2. The Labute approximate surface area is 149 Å². The van der Waals surface area contributed by atoms with Gasteiger partial charge in [0.1, 0.15) is 11.9 Å². The molecule has 1 fully saturated rings. The van der Waals surface area contributed by atoms with Crippen molar-refractivity contribution in [2.24, 2.45) is 11.8 Å². The average Bonchev–Trinajstić information content (AvgIpc) is 3.09. The molecule has 1 aliphatic rings. The van der Waals surface area contributed by atoms with Crippen LogP contribution in [0.5, 0.6) is 5.75 Å². The number of carbonyl (C=O) groups excluding carboxylic acids is 1. The zero-order chi connectivity index (χ0) is 17.6. The highest BCUT2D eigenvalue weighted by Crippen LogP contribution is 2.34. The molecule has 1 aromatic heterocycles. The molecule has 134 valence electrons. The van der Waals surface area contributed by atoms with Crippen molar-refractivity contribution in [1.82, 2.24) is 9.55 Å². The Bertz CT molecular complexity index is 667. The van der Waals surface area contributed by atoms with Gasteiger partial charge in [-0.3, -0.25) is 4.79 Å². The van der Waals surface area contributed by atoms with Crippen molar-refractivity contribution < 1.29 is 9.53 Å². The number of imidazole rings is 1. The molecule has 25 heavy (non-hydrogen) atoms. The Morgan fingerprint density at radius 2 is 2.08 bits per heavy atom. The summed E-state index contributed by atoms with van der Waals surface area (Å²) in [6.07, 6.45) is 10.9. The van der Waals surface area contributed by atoms with Gasteiger partial charge in [-0.25, -0.2) is 4.98 Å². The van der Waals surface area contributed by atoms with E-state index in [-0.39, 0.29) is 12.0 Å². The van der Waals surface area contributed by atoms with E-state index in [4.69, 9.17) is 4.74 Å². The van der Waals surface area contributed by atoms with Gasteiger partial charge in [0.25, 0.3) is 0 Å². The molecule has 1 aliphatic carbocycles. The van der Waals surface area contributed by atoms with Gasteiger partial charge < -0.3 is 14.6 Å². The summed E-state index contributed by atoms with van der Waals surface area (Å²) in [6, 6.07) is 7.63. The number of nitrogens with one attached hydrogen (secondary N) is 1. The van der Waals surface area contributed by atoms with E-state index < -0.39 is 0 Å². The Morgan fingerprint density at radius 1 is 1.32 bits per heavy atom. The Balaban J connectivity index is 1.73. The minimum absolute atomic E-state index is 0.0670. The Morgan fingerprint density at radius 3 is 2.72 bits per heavy atom. The number of benzene rings is 1. The Kier molecular flexibility index (Phi) is 5.74. The molecule has 1 amide bonds. The molecule has 1 aromatic carbocycles. The van der Waals surface area contributed by atoms with Crippen molar-refractivity contribution in [3.05, 3.63) is 43.0 Å². The van der Waals surface area contributed by atoms with Gasteiger partial charge in [0.15, 0.2) is 0 Å². The molecule has 3 unspecified atom stereocenters. The molecule has 0 radical (unpaired) electrons. The van der Waals surface area contributed by atoms with Gasteiger partial charge in [-0.15, -0.1) is 0 Å². The maximum absolute atomic E-state index is 11.1. The second-order valence-electron chi connectivity index (χ2n) is 7.05. The van der Waals surface area contributed by atoms with Crippen LogP contribution in [0.15, 0.2) is 43.0 Å². The van der Waals surface area contributed by atoms with Crippen molar-refractivity contribution in [1.29, 1.82) is 0 Å². The van der Waals surface area contributed by atoms with Gasteiger partial charge in [0.05, 0.1) is 12.9 Å². The minimum atomic E-state index is -0.0670. The van der Waals surface area contributed by atoms with Gasteiger partial charge in [-0.2, -0.15) is 0 Å². The number of carbonyl (C=O) groups is 1. The standard InChI is InChI=1S/C20H27N3O2/c1-15-5-3-4-6-19(15)20(13-23-12-11-21-14-23)25-18-9-7-17(8-10-18)22-16(2)24/h7-12,14-15,19-20H,3-6,13H2,1-2H3,(H,22,24). The SMILES string of the molecule is CC(=O)Nc1ccc(OC(Cn2ccnc2)C2CCCCC2C)cc1. The zero-order valence-electron chi connectivity index (χ0n) is 15.0. The highest BCUT2D eigenvalue weighted by molar-refractivity contribution is 5.88. The fourth-order valence-corrected chi connectivity index (χ4v) is 3.75. The topological polar surface area (TPSA) is 56.1 Å². The average molecular weight is 341 g/mol. The van der Waals surface area contributed by atoms with Crippen LogP contribution in [-0.2, 0) is 11.3 Å². The van der Waals surface area contributed by atoms with Crippen molar-refractivity contribution in [3.63, 3.8) is 0 Å². The summed E-state index contributed by atoms with van der Waals surface area (Å²) >= 11 is 0. The number of anilines is 1. The lowest BCUT2D eigenvalue weighted by Crippen LogP contribution is -2.36. The van der Waals surface area contributed by atoms with Crippen molar-refractivity contribution in [2.45, 2.75) is 52.2 Å². The molecule has 1 saturated carbocycles. The van der Waals surface area contributed by atoms with Gasteiger partial charge in [-0.05, 0) is 36.6 Å². The highest BCUT2D eigenvalue weighted by Gasteiger charge is 2.31. The predicted octanol–water partition coefficient (Wildman–Crippen LogP) is 4.12. The Hall–Kier alpha value is -2.30. The van der Waals surface area contributed by atoms with E-state index in [1.54, 1.807) is 0 Å². The maximum atomic E-state index is 11.1. The fraction of sp³-hybridized carbons (Fsp3) is 0.500. The summed E-state index contributed by atoms with van der Waals surface area (Å²) < 4.78 is 8.49. The quantitative estimate of drug-likeness (QED) is 0.860. The van der Waals surface area contributed by atoms with E-state index in [0.717, 1.165) is 18.0 Å². The summed E-state index contributed by atoms with van der Waals surface area (Å²) in [5, 5.41) is 2.79. The molecule has 2 aromatic rings. The molecule has 3 atom stereocenters. The predicted molar refractivity (Wildman–Crippen MR) is 98.5 cm³/mol. The van der Waals surface area contributed by atoms with Crippen LogP contribution in [0.2, 0.25) is 0 Å². The van der Waals surface area contributed by atoms with Crippen LogP contribution >= 0.6 is 0 Å². The molecule has 1 heterocycles. The first-order chi connectivity index (χ1) is 12.1. The molecule has 0 saturated heterocycles. The number of hydrogen-bond donors (Lipinski definition) is 1. The van der Waals surface area contributed by atoms with Crippen LogP contribution in [0.3, 0.4) is 0 Å².